The standard InChI is InChI=1S/C14H14FN5O.ClH/c1-8(6-9-2-4-10(15)5-3-9)20-7-17-11-12(20)18-14(16)19-13(11)21;/h2-5,7-8H,6H2,1H3,(H3,16,18,19,21);1H. The first kappa shape index (κ1) is 16.0. The van der Waals surface area contributed by atoms with E-state index in [9.17, 15) is 9.18 Å². The van der Waals surface area contributed by atoms with Gasteiger partial charge in [0.05, 0.1) is 6.33 Å². The second-order valence-electron chi connectivity index (χ2n) is 4.95. The van der Waals surface area contributed by atoms with Crippen LogP contribution < -0.4 is 11.3 Å². The number of halogens is 2. The Morgan fingerprint density at radius 2 is 2.05 bits per heavy atom. The van der Waals surface area contributed by atoms with Gasteiger partial charge in [0.2, 0.25) is 5.95 Å². The van der Waals surface area contributed by atoms with Crippen molar-refractivity contribution < 1.29 is 4.39 Å². The topological polar surface area (TPSA) is 89.6 Å². The lowest BCUT2D eigenvalue weighted by atomic mass is 10.1. The van der Waals surface area contributed by atoms with Gasteiger partial charge in [0.1, 0.15) is 5.82 Å². The molecule has 0 aliphatic carbocycles. The quantitative estimate of drug-likeness (QED) is 0.772. The van der Waals surface area contributed by atoms with Crippen molar-refractivity contribution in [2.24, 2.45) is 0 Å². The van der Waals surface area contributed by atoms with E-state index in [1.54, 1.807) is 23.0 Å². The molecule has 0 saturated heterocycles. The molecule has 0 spiro atoms. The molecule has 0 bridgehead atoms. The smallest absolute Gasteiger partial charge is 0.280 e. The summed E-state index contributed by atoms with van der Waals surface area (Å²) in [6.45, 7) is 1.98. The minimum Gasteiger partial charge on any atom is -0.369 e. The van der Waals surface area contributed by atoms with Crippen molar-refractivity contribution in [3.63, 3.8) is 0 Å². The Morgan fingerprint density at radius 3 is 2.73 bits per heavy atom. The summed E-state index contributed by atoms with van der Waals surface area (Å²) in [5.74, 6) is -0.205. The Morgan fingerprint density at radius 1 is 1.36 bits per heavy atom. The summed E-state index contributed by atoms with van der Waals surface area (Å²) < 4.78 is 14.7. The largest absolute Gasteiger partial charge is 0.369 e. The summed E-state index contributed by atoms with van der Waals surface area (Å²) >= 11 is 0. The first-order valence-electron chi connectivity index (χ1n) is 6.51. The molecule has 3 rings (SSSR count). The molecule has 3 N–H and O–H groups in total. The van der Waals surface area contributed by atoms with Gasteiger partial charge in [-0.3, -0.25) is 9.78 Å². The molecule has 22 heavy (non-hydrogen) atoms. The van der Waals surface area contributed by atoms with Crippen LogP contribution in [0.2, 0.25) is 0 Å². The highest BCUT2D eigenvalue weighted by molar-refractivity contribution is 5.85. The molecular weight excluding hydrogens is 309 g/mol. The molecule has 1 unspecified atom stereocenters. The number of rotatable bonds is 3. The number of aromatic amines is 1. The number of nitrogens with zero attached hydrogens (tertiary/aromatic N) is 3. The van der Waals surface area contributed by atoms with Gasteiger partial charge in [0.15, 0.2) is 11.2 Å². The van der Waals surface area contributed by atoms with Crippen LogP contribution in [0.1, 0.15) is 18.5 Å². The van der Waals surface area contributed by atoms with Crippen LogP contribution in [0.25, 0.3) is 11.2 Å². The lowest BCUT2D eigenvalue weighted by molar-refractivity contribution is 0.554. The zero-order valence-electron chi connectivity index (χ0n) is 11.8. The fraction of sp³-hybridized carbons (Fsp3) is 0.214. The van der Waals surface area contributed by atoms with Crippen molar-refractivity contribution in [2.45, 2.75) is 19.4 Å². The molecule has 0 aliphatic heterocycles. The summed E-state index contributed by atoms with van der Waals surface area (Å²) in [5.41, 5.74) is 6.92. The summed E-state index contributed by atoms with van der Waals surface area (Å²) in [4.78, 5) is 22.4. The Bertz CT molecular complexity index is 843. The SMILES string of the molecule is CC(Cc1ccc(F)cc1)n1cnc2c(=O)[nH]c(N)nc21.Cl. The minimum atomic E-state index is -0.356. The third kappa shape index (κ3) is 2.94. The van der Waals surface area contributed by atoms with E-state index in [0.717, 1.165) is 5.56 Å². The monoisotopic (exact) mass is 323 g/mol. The van der Waals surface area contributed by atoms with Gasteiger partial charge in [-0.25, -0.2) is 9.37 Å². The molecule has 6 nitrogen and oxygen atoms in total. The molecule has 2 heterocycles. The van der Waals surface area contributed by atoms with Gasteiger partial charge in [-0.05, 0) is 31.0 Å². The number of anilines is 1. The second kappa shape index (κ2) is 6.15. The Balaban J connectivity index is 0.00000176. The lowest BCUT2D eigenvalue weighted by Gasteiger charge is -2.14. The predicted molar refractivity (Wildman–Crippen MR) is 84.6 cm³/mol. The number of nitrogens with two attached hydrogens (primary N) is 1. The van der Waals surface area contributed by atoms with E-state index < -0.39 is 0 Å². The molecule has 0 saturated carbocycles. The fourth-order valence-corrected chi connectivity index (χ4v) is 2.33. The molecule has 1 aromatic carbocycles. The number of nitrogens with one attached hydrogen (secondary N) is 1. The maximum absolute atomic E-state index is 12.9. The van der Waals surface area contributed by atoms with Crippen molar-refractivity contribution >= 4 is 29.5 Å². The normalized spacial score (nSPS) is 12.1. The van der Waals surface area contributed by atoms with Crippen molar-refractivity contribution in [1.29, 1.82) is 0 Å². The van der Waals surface area contributed by atoms with E-state index in [1.165, 1.54) is 12.1 Å². The highest BCUT2D eigenvalue weighted by Crippen LogP contribution is 2.18. The molecule has 0 radical (unpaired) electrons. The highest BCUT2D eigenvalue weighted by atomic mass is 35.5. The van der Waals surface area contributed by atoms with Gasteiger partial charge in [-0.1, -0.05) is 12.1 Å². The Labute approximate surface area is 131 Å². The minimum absolute atomic E-state index is 0. The molecule has 1 atom stereocenters. The summed E-state index contributed by atoms with van der Waals surface area (Å²) in [7, 11) is 0. The number of fused-ring (bicyclic) bond motifs is 1. The molecule has 0 amide bonds. The van der Waals surface area contributed by atoms with E-state index in [2.05, 4.69) is 15.0 Å². The average Bonchev–Trinajstić information content (AvgIpc) is 2.85. The van der Waals surface area contributed by atoms with Gasteiger partial charge < -0.3 is 10.3 Å². The first-order chi connectivity index (χ1) is 10.0. The van der Waals surface area contributed by atoms with Gasteiger partial charge >= 0.3 is 0 Å². The van der Waals surface area contributed by atoms with Gasteiger partial charge in [-0.2, -0.15) is 4.98 Å². The molecule has 0 aliphatic rings. The van der Waals surface area contributed by atoms with Crippen molar-refractivity contribution in [2.75, 3.05) is 5.73 Å². The van der Waals surface area contributed by atoms with E-state index in [-0.39, 0.29) is 41.3 Å². The molecule has 8 heteroatoms. The van der Waals surface area contributed by atoms with Crippen LogP contribution in [-0.2, 0) is 6.42 Å². The van der Waals surface area contributed by atoms with Crippen molar-refractivity contribution in [3.8, 4) is 0 Å². The molecular formula is C14H15ClFN5O. The lowest BCUT2D eigenvalue weighted by Crippen LogP contribution is -2.14. The summed E-state index contributed by atoms with van der Waals surface area (Å²) in [6.07, 6.45) is 2.24. The number of benzene rings is 1. The second-order valence-corrected chi connectivity index (χ2v) is 4.95. The van der Waals surface area contributed by atoms with Gasteiger partial charge in [0.25, 0.3) is 5.56 Å². The van der Waals surface area contributed by atoms with Gasteiger partial charge in [0, 0.05) is 6.04 Å². The number of imidazole rings is 1. The maximum atomic E-state index is 12.9. The van der Waals surface area contributed by atoms with E-state index in [1.807, 2.05) is 6.92 Å². The zero-order valence-corrected chi connectivity index (χ0v) is 12.6. The third-order valence-corrected chi connectivity index (χ3v) is 3.37. The first-order valence-corrected chi connectivity index (χ1v) is 6.51. The highest BCUT2D eigenvalue weighted by Gasteiger charge is 2.14. The number of nitrogen functional groups attached to an aromatic ring is 1. The molecule has 3 aromatic rings. The van der Waals surface area contributed by atoms with Crippen LogP contribution in [-0.4, -0.2) is 19.5 Å². The Hall–Kier alpha value is -2.41. The van der Waals surface area contributed by atoms with Crippen molar-refractivity contribution in [1.82, 2.24) is 19.5 Å². The molecule has 116 valence electrons. The van der Waals surface area contributed by atoms with Crippen LogP contribution in [0.4, 0.5) is 10.3 Å². The van der Waals surface area contributed by atoms with Crippen LogP contribution in [0, 0.1) is 5.82 Å². The van der Waals surface area contributed by atoms with E-state index in [4.69, 9.17) is 5.73 Å². The van der Waals surface area contributed by atoms with Crippen LogP contribution >= 0.6 is 12.4 Å². The van der Waals surface area contributed by atoms with Crippen LogP contribution in [0.5, 0.6) is 0 Å². The van der Waals surface area contributed by atoms with Crippen LogP contribution in [0.3, 0.4) is 0 Å². The number of H-pyrrole nitrogens is 1. The van der Waals surface area contributed by atoms with Crippen LogP contribution in [0.15, 0.2) is 35.4 Å². The van der Waals surface area contributed by atoms with Crippen molar-refractivity contribution in [3.05, 3.63) is 52.3 Å². The third-order valence-electron chi connectivity index (χ3n) is 3.37. The average molecular weight is 324 g/mol. The Kier molecular flexibility index (Phi) is 4.46. The number of hydrogen-bond acceptors (Lipinski definition) is 4. The molecule has 0 fully saturated rings. The van der Waals surface area contributed by atoms with E-state index in [0.29, 0.717) is 12.1 Å². The predicted octanol–water partition coefficient (Wildman–Crippen LogP) is 2.07. The van der Waals surface area contributed by atoms with Gasteiger partial charge in [-0.15, -0.1) is 12.4 Å². The summed E-state index contributed by atoms with van der Waals surface area (Å²) in [5, 5.41) is 0. The maximum Gasteiger partial charge on any atom is 0.280 e. The zero-order chi connectivity index (χ0) is 15.0. The number of hydrogen-bond donors (Lipinski definition) is 2. The molecule has 2 aromatic heterocycles. The number of aromatic nitrogens is 4. The van der Waals surface area contributed by atoms with E-state index >= 15 is 0 Å². The fourth-order valence-electron chi connectivity index (χ4n) is 2.33. The summed E-state index contributed by atoms with van der Waals surface area (Å²) in [6, 6.07) is 6.33.